The molecule has 0 spiro atoms. The van der Waals surface area contributed by atoms with Gasteiger partial charge in [-0.05, 0) is 32.1 Å². The van der Waals surface area contributed by atoms with Crippen molar-refractivity contribution in [1.29, 1.82) is 0 Å². The molecule has 0 aliphatic rings. The van der Waals surface area contributed by atoms with E-state index in [1.165, 1.54) is 26.3 Å². The number of ether oxygens (including phenoxy) is 3. The number of methoxy groups -OCH3 is 1. The minimum Gasteiger partial charge on any atom is -0.503 e. The van der Waals surface area contributed by atoms with Gasteiger partial charge in [0, 0.05) is 18.9 Å². The fraction of sp³-hybridized carbons (Fsp3) is 0.667. The minimum absolute atomic E-state index is 0.0417. The fourth-order valence-electron chi connectivity index (χ4n) is 2.69. The summed E-state index contributed by atoms with van der Waals surface area (Å²) in [7, 11) is 1.37. The van der Waals surface area contributed by atoms with E-state index >= 15 is 0 Å². The number of amides is 1. The van der Waals surface area contributed by atoms with Crippen LogP contribution in [0.5, 0.6) is 11.5 Å². The number of nitrogens with one attached hydrogen (secondary N) is 1. The van der Waals surface area contributed by atoms with Crippen LogP contribution >= 0.6 is 0 Å². The van der Waals surface area contributed by atoms with E-state index in [1.54, 1.807) is 0 Å². The highest BCUT2D eigenvalue weighted by molar-refractivity contribution is 5.97. The molecule has 1 aromatic rings. The average molecular weight is 411 g/mol. The molecule has 164 valence electrons. The van der Waals surface area contributed by atoms with Gasteiger partial charge in [0.05, 0.1) is 13.2 Å². The predicted molar refractivity (Wildman–Crippen MR) is 109 cm³/mol. The molecule has 0 aliphatic heterocycles. The maximum atomic E-state index is 12.5. The molecule has 0 saturated heterocycles. The molecule has 0 aliphatic carbocycles. The molecule has 2 N–H and O–H groups in total. The van der Waals surface area contributed by atoms with Gasteiger partial charge in [0.1, 0.15) is 12.1 Å². The van der Waals surface area contributed by atoms with Crippen LogP contribution in [0.1, 0.15) is 58.5 Å². The number of carbonyl (C=O) groups is 2. The Balaban J connectivity index is 2.72. The van der Waals surface area contributed by atoms with E-state index in [1.807, 2.05) is 20.8 Å². The number of aromatic hydroxyl groups is 1. The van der Waals surface area contributed by atoms with Crippen molar-refractivity contribution in [3.8, 4) is 11.5 Å². The molecule has 1 aromatic heterocycles. The minimum atomic E-state index is -0.931. The normalized spacial score (nSPS) is 14.4. The molecule has 3 atom stereocenters. The average Bonchev–Trinajstić information content (AvgIpc) is 2.65. The maximum Gasteiger partial charge on any atom is 0.328 e. The van der Waals surface area contributed by atoms with Crippen molar-refractivity contribution in [3.05, 3.63) is 18.0 Å². The molecular formula is C21H34N2O6. The van der Waals surface area contributed by atoms with Crippen LogP contribution in [0.4, 0.5) is 0 Å². The van der Waals surface area contributed by atoms with Crippen molar-refractivity contribution < 1.29 is 28.9 Å². The Morgan fingerprint density at radius 2 is 1.83 bits per heavy atom. The lowest BCUT2D eigenvalue weighted by Crippen LogP contribution is -2.44. The number of nitrogens with zero attached hydrogens (tertiary/aromatic N) is 1. The molecule has 1 rings (SSSR count). The molecule has 0 bridgehead atoms. The van der Waals surface area contributed by atoms with E-state index in [-0.39, 0.29) is 29.2 Å². The Morgan fingerprint density at radius 3 is 2.38 bits per heavy atom. The van der Waals surface area contributed by atoms with Gasteiger partial charge >= 0.3 is 5.97 Å². The van der Waals surface area contributed by atoms with Crippen LogP contribution in [-0.4, -0.2) is 53.9 Å². The summed E-state index contributed by atoms with van der Waals surface area (Å²) >= 11 is 0. The van der Waals surface area contributed by atoms with Crippen molar-refractivity contribution in [1.82, 2.24) is 10.3 Å². The Kier molecular flexibility index (Phi) is 9.88. The Hall–Kier alpha value is -2.35. The number of esters is 1. The van der Waals surface area contributed by atoms with E-state index in [4.69, 9.17) is 14.2 Å². The third-order valence-electron chi connectivity index (χ3n) is 4.47. The fourth-order valence-corrected chi connectivity index (χ4v) is 2.69. The Labute approximate surface area is 172 Å². The first-order chi connectivity index (χ1) is 13.6. The van der Waals surface area contributed by atoms with Gasteiger partial charge in [-0.1, -0.05) is 27.7 Å². The first-order valence-corrected chi connectivity index (χ1v) is 9.93. The molecule has 8 heteroatoms. The highest BCUT2D eigenvalue weighted by atomic mass is 16.6. The van der Waals surface area contributed by atoms with Crippen molar-refractivity contribution >= 4 is 11.9 Å². The van der Waals surface area contributed by atoms with Gasteiger partial charge in [0.15, 0.2) is 17.2 Å². The molecule has 0 saturated carbocycles. The molecule has 8 nitrogen and oxygen atoms in total. The molecule has 29 heavy (non-hydrogen) atoms. The summed E-state index contributed by atoms with van der Waals surface area (Å²) in [5.41, 5.74) is -0.227. The van der Waals surface area contributed by atoms with Crippen molar-refractivity contribution in [2.45, 2.75) is 66.2 Å². The van der Waals surface area contributed by atoms with E-state index in [0.29, 0.717) is 12.5 Å². The number of pyridine rings is 1. The first kappa shape index (κ1) is 24.7. The van der Waals surface area contributed by atoms with Crippen molar-refractivity contribution in [2.75, 3.05) is 13.7 Å². The predicted octanol–water partition coefficient (Wildman–Crippen LogP) is 2.93. The maximum absolute atomic E-state index is 12.5. The Bertz CT molecular complexity index is 677. The van der Waals surface area contributed by atoms with E-state index in [9.17, 15) is 14.7 Å². The lowest BCUT2D eigenvalue weighted by Gasteiger charge is -2.29. The zero-order valence-corrected chi connectivity index (χ0v) is 18.4. The monoisotopic (exact) mass is 410 g/mol. The second kappa shape index (κ2) is 11.6. The van der Waals surface area contributed by atoms with Gasteiger partial charge in [-0.3, -0.25) is 4.79 Å². The van der Waals surface area contributed by atoms with Crippen LogP contribution in [0, 0.1) is 11.8 Å². The summed E-state index contributed by atoms with van der Waals surface area (Å²) in [6.45, 7) is 12.1. The largest absolute Gasteiger partial charge is 0.503 e. The third-order valence-corrected chi connectivity index (χ3v) is 4.47. The number of rotatable bonds is 11. The topological polar surface area (TPSA) is 107 Å². The Morgan fingerprint density at radius 1 is 1.17 bits per heavy atom. The molecule has 1 amide bonds. The second-order valence-corrected chi connectivity index (χ2v) is 7.81. The molecular weight excluding hydrogens is 376 g/mol. The highest BCUT2D eigenvalue weighted by Crippen LogP contribution is 2.27. The van der Waals surface area contributed by atoms with Crippen molar-refractivity contribution in [3.63, 3.8) is 0 Å². The lowest BCUT2D eigenvalue weighted by atomic mass is 10.0. The van der Waals surface area contributed by atoms with Gasteiger partial charge in [0.25, 0.3) is 5.91 Å². The molecule has 0 fully saturated rings. The van der Waals surface area contributed by atoms with Gasteiger partial charge < -0.3 is 24.6 Å². The smallest absolute Gasteiger partial charge is 0.328 e. The van der Waals surface area contributed by atoms with Crippen LogP contribution in [0.3, 0.4) is 0 Å². The van der Waals surface area contributed by atoms with Gasteiger partial charge in [0.2, 0.25) is 0 Å². The summed E-state index contributed by atoms with van der Waals surface area (Å²) in [5.74, 6) is -0.987. The summed E-state index contributed by atoms with van der Waals surface area (Å²) in [6.07, 6.45) is 1.54. The standard InChI is InChI=1S/C21H34N2O6/c1-12(2)9-11-28-15(6)19(13(3)4)29-21(26)14(5)23-20(25)17-18(24)16(27-7)8-10-22-17/h8,10,12-15,19,24H,9,11H2,1-7H3,(H,23,25)/t14-,15-,19+/m0/s1. The molecule has 0 aromatic carbocycles. The van der Waals surface area contributed by atoms with E-state index < -0.39 is 24.0 Å². The third kappa shape index (κ3) is 7.53. The number of aromatic nitrogens is 1. The second-order valence-electron chi connectivity index (χ2n) is 7.81. The van der Waals surface area contributed by atoms with Gasteiger partial charge in [-0.2, -0.15) is 0 Å². The van der Waals surface area contributed by atoms with Crippen LogP contribution < -0.4 is 10.1 Å². The molecule has 0 unspecified atom stereocenters. The summed E-state index contributed by atoms with van der Waals surface area (Å²) in [4.78, 5) is 28.8. The zero-order chi connectivity index (χ0) is 22.1. The number of hydrogen-bond donors (Lipinski definition) is 2. The number of hydrogen-bond acceptors (Lipinski definition) is 7. The van der Waals surface area contributed by atoms with Crippen LogP contribution in [0.2, 0.25) is 0 Å². The quantitative estimate of drug-likeness (QED) is 0.540. The van der Waals surface area contributed by atoms with Gasteiger partial charge in [-0.15, -0.1) is 0 Å². The van der Waals surface area contributed by atoms with Gasteiger partial charge in [-0.25, -0.2) is 9.78 Å². The summed E-state index contributed by atoms with van der Waals surface area (Å²) < 4.78 is 16.4. The molecule has 0 radical (unpaired) electrons. The number of carbonyl (C=O) groups excluding carboxylic acids is 2. The van der Waals surface area contributed by atoms with E-state index in [0.717, 1.165) is 6.42 Å². The van der Waals surface area contributed by atoms with Crippen LogP contribution in [-0.2, 0) is 14.3 Å². The van der Waals surface area contributed by atoms with Crippen LogP contribution in [0.25, 0.3) is 0 Å². The zero-order valence-electron chi connectivity index (χ0n) is 18.4. The van der Waals surface area contributed by atoms with Crippen molar-refractivity contribution in [2.24, 2.45) is 11.8 Å². The summed E-state index contributed by atoms with van der Waals surface area (Å²) in [6, 6.07) is 0.497. The highest BCUT2D eigenvalue weighted by Gasteiger charge is 2.29. The SMILES string of the molecule is COc1ccnc(C(=O)N[C@@H](C)C(=O)O[C@H](C(C)C)[C@H](C)OCCC(C)C)c1O. The molecule has 1 heterocycles. The van der Waals surface area contributed by atoms with Crippen LogP contribution in [0.15, 0.2) is 12.3 Å². The lowest BCUT2D eigenvalue weighted by molar-refractivity contribution is -0.162. The summed E-state index contributed by atoms with van der Waals surface area (Å²) in [5, 5.41) is 12.5. The van der Waals surface area contributed by atoms with E-state index in [2.05, 4.69) is 24.1 Å². The first-order valence-electron chi connectivity index (χ1n) is 9.93.